The van der Waals surface area contributed by atoms with Crippen LogP contribution in [0.3, 0.4) is 0 Å². The molecule has 0 radical (unpaired) electrons. The fraction of sp³-hybridized carbons (Fsp3) is 0. The minimum Gasteiger partial charge on any atom is -0.320 e. The Morgan fingerprint density at radius 2 is 1.86 bits per heavy atom. The number of benzene rings is 1. The van der Waals surface area contributed by atoms with Gasteiger partial charge in [-0.05, 0) is 29.5 Å². The number of rotatable bonds is 2. The van der Waals surface area contributed by atoms with Crippen molar-refractivity contribution in [2.45, 2.75) is 0 Å². The molecule has 0 fully saturated rings. The van der Waals surface area contributed by atoms with E-state index in [9.17, 15) is 4.79 Å². The molecule has 0 aliphatic rings. The lowest BCUT2D eigenvalue weighted by atomic mass is 10.1. The van der Waals surface area contributed by atoms with Crippen molar-refractivity contribution < 1.29 is 0 Å². The van der Waals surface area contributed by atoms with Gasteiger partial charge in [0, 0.05) is 5.39 Å². The maximum absolute atomic E-state index is 12.2. The van der Waals surface area contributed by atoms with Crippen LogP contribution in [-0.2, 0) is 0 Å². The van der Waals surface area contributed by atoms with Crippen molar-refractivity contribution in [3.63, 3.8) is 0 Å². The molecule has 4 rings (SSSR count). The maximum Gasteiger partial charge on any atom is 0.259 e. The van der Waals surface area contributed by atoms with Crippen LogP contribution in [0.4, 0.5) is 0 Å². The summed E-state index contributed by atoms with van der Waals surface area (Å²) in [5.41, 5.74) is 2.30. The largest absolute Gasteiger partial charge is 0.320 e. The number of nitrogens with zero attached hydrogens (tertiary/aromatic N) is 4. The van der Waals surface area contributed by atoms with Crippen LogP contribution in [0, 0.1) is 0 Å². The first kappa shape index (κ1) is 12.4. The molecule has 0 amide bonds. The van der Waals surface area contributed by atoms with Crippen molar-refractivity contribution in [3.8, 4) is 22.8 Å². The highest BCUT2D eigenvalue weighted by Crippen LogP contribution is 2.19. The summed E-state index contributed by atoms with van der Waals surface area (Å²) in [6.07, 6.45) is 0. The topological polar surface area (TPSA) is 100 Å². The lowest BCUT2D eigenvalue weighted by Crippen LogP contribution is -2.10. The summed E-state index contributed by atoms with van der Waals surface area (Å²) in [6.45, 7) is 0. The summed E-state index contributed by atoms with van der Waals surface area (Å²) in [5, 5.41) is 14.4. The average molecular weight is 290 g/mol. The van der Waals surface area contributed by atoms with Crippen LogP contribution in [0.1, 0.15) is 0 Å². The molecular weight excluding hydrogens is 280 g/mol. The summed E-state index contributed by atoms with van der Waals surface area (Å²) in [7, 11) is 0. The Balaban J connectivity index is 1.82. The van der Waals surface area contributed by atoms with E-state index in [1.807, 2.05) is 36.4 Å². The van der Waals surface area contributed by atoms with Gasteiger partial charge in [-0.1, -0.05) is 24.3 Å². The number of aromatic nitrogens is 6. The minimum atomic E-state index is -0.283. The van der Waals surface area contributed by atoms with Gasteiger partial charge in [0.05, 0.1) is 22.5 Å². The molecular formula is C15H10N6O. The first-order valence-corrected chi connectivity index (χ1v) is 6.64. The van der Waals surface area contributed by atoms with E-state index in [2.05, 4.69) is 30.6 Å². The third-order valence-corrected chi connectivity index (χ3v) is 3.37. The van der Waals surface area contributed by atoms with Crippen molar-refractivity contribution in [1.82, 2.24) is 30.6 Å². The summed E-state index contributed by atoms with van der Waals surface area (Å²) < 4.78 is 0. The van der Waals surface area contributed by atoms with Crippen molar-refractivity contribution in [3.05, 3.63) is 58.9 Å². The SMILES string of the molecule is O=c1[nH]c(-c2ccc3ccccc3n2)ccc1-c1nn[nH]n1. The molecule has 4 aromatic rings. The van der Waals surface area contributed by atoms with Gasteiger partial charge in [0.15, 0.2) is 0 Å². The fourth-order valence-electron chi connectivity index (χ4n) is 2.29. The zero-order valence-electron chi connectivity index (χ0n) is 11.3. The van der Waals surface area contributed by atoms with Crippen LogP contribution in [0.15, 0.2) is 53.3 Å². The van der Waals surface area contributed by atoms with Crippen LogP contribution in [0.2, 0.25) is 0 Å². The van der Waals surface area contributed by atoms with Gasteiger partial charge < -0.3 is 4.98 Å². The first-order valence-electron chi connectivity index (χ1n) is 6.64. The van der Waals surface area contributed by atoms with Crippen LogP contribution >= 0.6 is 0 Å². The highest BCUT2D eigenvalue weighted by Gasteiger charge is 2.10. The number of tetrazole rings is 1. The van der Waals surface area contributed by atoms with Gasteiger partial charge in [0.25, 0.3) is 5.56 Å². The molecule has 0 saturated carbocycles. The van der Waals surface area contributed by atoms with Gasteiger partial charge in [0.2, 0.25) is 5.82 Å². The van der Waals surface area contributed by atoms with E-state index in [1.165, 1.54) is 0 Å². The Labute approximate surface area is 124 Å². The number of hydrogen-bond acceptors (Lipinski definition) is 5. The number of aromatic amines is 2. The van der Waals surface area contributed by atoms with E-state index < -0.39 is 0 Å². The van der Waals surface area contributed by atoms with E-state index in [0.717, 1.165) is 10.9 Å². The Hall–Kier alpha value is -3.35. The van der Waals surface area contributed by atoms with Gasteiger partial charge in [-0.15, -0.1) is 10.2 Å². The molecule has 0 aliphatic heterocycles. The Kier molecular flexibility index (Phi) is 2.75. The molecule has 3 aromatic heterocycles. The summed E-state index contributed by atoms with van der Waals surface area (Å²) in [5.74, 6) is 0.263. The summed E-state index contributed by atoms with van der Waals surface area (Å²) >= 11 is 0. The normalized spacial score (nSPS) is 10.9. The zero-order chi connectivity index (χ0) is 14.9. The van der Waals surface area contributed by atoms with Crippen molar-refractivity contribution in [1.29, 1.82) is 0 Å². The second-order valence-electron chi connectivity index (χ2n) is 4.74. The number of para-hydroxylation sites is 1. The molecule has 106 valence electrons. The maximum atomic E-state index is 12.2. The third-order valence-electron chi connectivity index (χ3n) is 3.37. The number of H-pyrrole nitrogens is 2. The van der Waals surface area contributed by atoms with E-state index in [0.29, 0.717) is 17.0 Å². The molecule has 7 heteroatoms. The standard InChI is InChI=1S/C15H10N6O/c22-15-10(14-18-20-21-19-14)6-8-13(17-15)12-7-5-9-3-1-2-4-11(9)16-12/h1-8H,(H,17,22)(H,18,19,20,21). The van der Waals surface area contributed by atoms with Crippen molar-refractivity contribution >= 4 is 10.9 Å². The van der Waals surface area contributed by atoms with Gasteiger partial charge in [0.1, 0.15) is 0 Å². The fourth-order valence-corrected chi connectivity index (χ4v) is 2.29. The van der Waals surface area contributed by atoms with Gasteiger partial charge in [-0.2, -0.15) is 5.21 Å². The highest BCUT2D eigenvalue weighted by molar-refractivity contribution is 5.81. The smallest absolute Gasteiger partial charge is 0.259 e. The minimum absolute atomic E-state index is 0.263. The molecule has 0 atom stereocenters. The zero-order valence-corrected chi connectivity index (χ0v) is 11.3. The number of nitrogens with one attached hydrogen (secondary N) is 2. The van der Waals surface area contributed by atoms with Gasteiger partial charge in [-0.25, -0.2) is 4.98 Å². The number of pyridine rings is 2. The van der Waals surface area contributed by atoms with E-state index >= 15 is 0 Å². The lowest BCUT2D eigenvalue weighted by molar-refractivity contribution is 0.881. The van der Waals surface area contributed by atoms with Crippen LogP contribution in [0.5, 0.6) is 0 Å². The molecule has 2 N–H and O–H groups in total. The molecule has 7 nitrogen and oxygen atoms in total. The van der Waals surface area contributed by atoms with Gasteiger partial charge >= 0.3 is 0 Å². The predicted octanol–water partition coefficient (Wildman–Crippen LogP) is 1.77. The molecule has 22 heavy (non-hydrogen) atoms. The second-order valence-corrected chi connectivity index (χ2v) is 4.74. The van der Waals surface area contributed by atoms with Crippen LogP contribution < -0.4 is 5.56 Å². The number of hydrogen-bond donors (Lipinski definition) is 2. The lowest BCUT2D eigenvalue weighted by Gasteiger charge is -2.04. The quantitative estimate of drug-likeness (QED) is 0.586. The molecule has 0 bridgehead atoms. The molecule has 0 saturated heterocycles. The molecule has 0 spiro atoms. The number of fused-ring (bicyclic) bond motifs is 1. The van der Waals surface area contributed by atoms with E-state index in [1.54, 1.807) is 12.1 Å². The van der Waals surface area contributed by atoms with E-state index in [4.69, 9.17) is 0 Å². The predicted molar refractivity (Wildman–Crippen MR) is 81.0 cm³/mol. The monoisotopic (exact) mass is 290 g/mol. The van der Waals surface area contributed by atoms with Crippen LogP contribution in [0.25, 0.3) is 33.7 Å². The van der Waals surface area contributed by atoms with Crippen molar-refractivity contribution in [2.24, 2.45) is 0 Å². The molecule has 0 unspecified atom stereocenters. The Morgan fingerprint density at radius 3 is 2.68 bits per heavy atom. The summed E-state index contributed by atoms with van der Waals surface area (Å²) in [4.78, 5) is 19.5. The molecule has 0 aliphatic carbocycles. The first-order chi connectivity index (χ1) is 10.8. The van der Waals surface area contributed by atoms with Crippen LogP contribution in [-0.4, -0.2) is 30.6 Å². The third kappa shape index (κ3) is 2.05. The summed E-state index contributed by atoms with van der Waals surface area (Å²) in [6, 6.07) is 15.1. The van der Waals surface area contributed by atoms with Gasteiger partial charge in [-0.3, -0.25) is 4.79 Å². The second kappa shape index (κ2) is 4.88. The average Bonchev–Trinajstić information content (AvgIpc) is 3.08. The Bertz CT molecular complexity index is 1010. The van der Waals surface area contributed by atoms with Crippen molar-refractivity contribution in [2.75, 3.05) is 0 Å². The van der Waals surface area contributed by atoms with E-state index in [-0.39, 0.29) is 11.4 Å². The molecule has 1 aromatic carbocycles. The Morgan fingerprint density at radius 1 is 0.955 bits per heavy atom. The molecule has 3 heterocycles. The highest BCUT2D eigenvalue weighted by atomic mass is 16.1.